The third-order valence-electron chi connectivity index (χ3n) is 2.97. The van der Waals surface area contributed by atoms with E-state index in [2.05, 4.69) is 3.97 Å². The van der Waals surface area contributed by atoms with Crippen LogP contribution in [0.3, 0.4) is 0 Å². The van der Waals surface area contributed by atoms with Crippen molar-refractivity contribution in [3.63, 3.8) is 0 Å². The molecule has 1 atom stereocenters. The molecule has 2 aromatic carbocycles. The van der Waals surface area contributed by atoms with Crippen LogP contribution in [0.5, 0.6) is 11.5 Å². The van der Waals surface area contributed by atoms with E-state index in [9.17, 15) is 8.42 Å². The lowest BCUT2D eigenvalue weighted by Gasteiger charge is -2.16. The van der Waals surface area contributed by atoms with Crippen LogP contribution in [-0.2, 0) is 14.1 Å². The first-order valence-electron chi connectivity index (χ1n) is 5.99. The van der Waals surface area contributed by atoms with Gasteiger partial charge in [-0.05, 0) is 17.7 Å². The number of methoxy groups -OCH3 is 2. The maximum Gasteiger partial charge on any atom is 0.303 e. The maximum absolute atomic E-state index is 12.0. The highest BCUT2D eigenvalue weighted by molar-refractivity contribution is 7.89. The van der Waals surface area contributed by atoms with Gasteiger partial charge in [0.2, 0.25) is 0 Å². The summed E-state index contributed by atoms with van der Waals surface area (Å²) in [4.78, 5) is -0.0559. The Balaban J connectivity index is 2.81. The fraction of sp³-hybridized carbons (Fsp3) is 0.143. The molecule has 0 aliphatic heterocycles. The largest absolute Gasteiger partial charge is 0.496 e. The smallest absolute Gasteiger partial charge is 0.303 e. The summed E-state index contributed by atoms with van der Waals surface area (Å²) in [6.07, 6.45) is 0. The second kappa shape index (κ2) is 6.43. The van der Waals surface area contributed by atoms with Crippen LogP contribution in [0.1, 0.15) is 0 Å². The van der Waals surface area contributed by atoms with Gasteiger partial charge in [0.15, 0.2) is 5.75 Å². The van der Waals surface area contributed by atoms with Crippen molar-refractivity contribution in [3.05, 3.63) is 42.5 Å². The van der Waals surface area contributed by atoms with Crippen LogP contribution in [0.2, 0.25) is 0 Å². The molecule has 2 aromatic rings. The molecule has 0 radical (unpaired) electrons. The Kier molecular flexibility index (Phi) is 4.83. The summed E-state index contributed by atoms with van der Waals surface area (Å²) >= 11 is 0. The molecule has 21 heavy (non-hydrogen) atoms. The molecular weight excluding hydrogens is 311 g/mol. The molecule has 7 heteroatoms. The minimum absolute atomic E-state index is 0.0559. The number of rotatable bonds is 5. The molecule has 5 nitrogen and oxygen atoms in total. The molecule has 112 valence electrons. The molecule has 0 N–H and O–H groups in total. The molecule has 0 fully saturated rings. The van der Waals surface area contributed by atoms with Gasteiger partial charge in [-0.1, -0.05) is 30.3 Å². The van der Waals surface area contributed by atoms with Gasteiger partial charge in [-0.2, -0.15) is 8.42 Å². The van der Waals surface area contributed by atoms with E-state index in [1.165, 1.54) is 20.3 Å². The number of hydrogen-bond donors (Lipinski definition) is 0. The van der Waals surface area contributed by atoms with E-state index in [0.717, 1.165) is 5.56 Å². The van der Waals surface area contributed by atoms with Gasteiger partial charge >= 0.3 is 10.1 Å². The minimum Gasteiger partial charge on any atom is -0.496 e. The second-order valence-corrected chi connectivity index (χ2v) is 6.21. The summed E-state index contributed by atoms with van der Waals surface area (Å²) in [5.41, 5.74) is 1.34. The lowest BCUT2D eigenvalue weighted by molar-refractivity contribution is 0.387. The molecule has 0 aromatic heterocycles. The molecule has 0 bridgehead atoms. The van der Waals surface area contributed by atoms with Gasteiger partial charge in [0.05, 0.1) is 19.8 Å². The van der Waals surface area contributed by atoms with E-state index in [-0.39, 0.29) is 10.6 Å². The third-order valence-corrected chi connectivity index (χ3v) is 4.84. The van der Waals surface area contributed by atoms with Crippen molar-refractivity contribution in [1.82, 2.24) is 0 Å². The molecule has 0 saturated heterocycles. The van der Waals surface area contributed by atoms with Crippen molar-refractivity contribution in [2.45, 2.75) is 4.90 Å². The third kappa shape index (κ3) is 3.02. The summed E-state index contributed by atoms with van der Waals surface area (Å²) in [6, 6.07) is 12.2. The summed E-state index contributed by atoms with van der Waals surface area (Å²) < 4.78 is 39.1. The van der Waals surface area contributed by atoms with E-state index in [4.69, 9.17) is 9.47 Å². The van der Waals surface area contributed by atoms with Crippen LogP contribution in [-0.4, -0.2) is 22.6 Å². The van der Waals surface area contributed by atoms with E-state index < -0.39 is 10.1 Å². The van der Waals surface area contributed by atoms with Crippen molar-refractivity contribution < 1.29 is 21.9 Å². The Bertz CT molecular complexity index is 729. The van der Waals surface area contributed by atoms with Gasteiger partial charge in [0.1, 0.15) is 10.6 Å². The first-order chi connectivity index (χ1) is 10.0. The predicted octanol–water partition coefficient (Wildman–Crippen LogP) is 2.87. The van der Waals surface area contributed by atoms with Gasteiger partial charge in [-0.3, -0.25) is 3.97 Å². The number of hydrogen-bond acceptors (Lipinski definition) is 5. The van der Waals surface area contributed by atoms with Crippen LogP contribution in [0.15, 0.2) is 47.4 Å². The molecule has 0 aliphatic rings. The number of ether oxygens (including phenoxy) is 2. The molecule has 0 amide bonds. The zero-order chi connectivity index (χ0) is 15.5. The zero-order valence-corrected chi connectivity index (χ0v) is 13.5. The van der Waals surface area contributed by atoms with E-state index in [1.807, 2.05) is 30.3 Å². The maximum atomic E-state index is 12.0. The lowest BCUT2D eigenvalue weighted by atomic mass is 10.0. The van der Waals surface area contributed by atoms with Gasteiger partial charge in [0, 0.05) is 9.47 Å². The molecule has 0 saturated carbocycles. The molecule has 2 rings (SSSR count). The van der Waals surface area contributed by atoms with Crippen molar-refractivity contribution in [2.24, 2.45) is 0 Å². The van der Waals surface area contributed by atoms with Crippen molar-refractivity contribution >= 4 is 19.6 Å². The van der Waals surface area contributed by atoms with Crippen LogP contribution in [0.25, 0.3) is 11.1 Å². The van der Waals surface area contributed by atoms with Crippen LogP contribution < -0.4 is 9.47 Å². The highest BCUT2D eigenvalue weighted by Crippen LogP contribution is 2.43. The van der Waals surface area contributed by atoms with E-state index in [0.29, 0.717) is 11.3 Å². The predicted molar refractivity (Wildman–Crippen MR) is 83.0 cm³/mol. The fourth-order valence-corrected chi connectivity index (χ4v) is 3.11. The first-order valence-corrected chi connectivity index (χ1v) is 7.87. The highest BCUT2D eigenvalue weighted by Gasteiger charge is 2.25. The molecule has 0 spiro atoms. The molecule has 0 heterocycles. The Labute approximate surface area is 126 Å². The van der Waals surface area contributed by atoms with Crippen LogP contribution in [0.4, 0.5) is 0 Å². The van der Waals surface area contributed by atoms with Crippen molar-refractivity contribution in [2.75, 3.05) is 14.2 Å². The monoisotopic (exact) mass is 326 g/mol. The van der Waals surface area contributed by atoms with Gasteiger partial charge < -0.3 is 9.47 Å². The number of benzene rings is 2. The first kappa shape index (κ1) is 15.8. The summed E-state index contributed by atoms with van der Waals surface area (Å²) in [7, 11) is 0.742. The second-order valence-electron chi connectivity index (χ2n) is 4.09. The average molecular weight is 326 g/mol. The quantitative estimate of drug-likeness (QED) is 0.791. The normalized spacial score (nSPS) is 11.2. The molecular formula is C14H15O5PS. The van der Waals surface area contributed by atoms with E-state index >= 15 is 0 Å². The SMILES string of the molecule is COc1ccc(S(=O)(=O)OP)c(OC)c1-c1ccccc1. The van der Waals surface area contributed by atoms with Gasteiger partial charge in [0.25, 0.3) is 0 Å². The average Bonchev–Trinajstić information content (AvgIpc) is 2.54. The molecule has 1 unspecified atom stereocenters. The topological polar surface area (TPSA) is 61.8 Å². The summed E-state index contributed by atoms with van der Waals surface area (Å²) in [5.74, 6) is 0.698. The van der Waals surface area contributed by atoms with E-state index in [1.54, 1.807) is 15.5 Å². The lowest BCUT2D eigenvalue weighted by Crippen LogP contribution is -2.05. The van der Waals surface area contributed by atoms with Gasteiger partial charge in [-0.15, -0.1) is 0 Å². The Morgan fingerprint density at radius 1 is 0.952 bits per heavy atom. The Hall–Kier alpha value is -1.62. The minimum atomic E-state index is -3.91. The Morgan fingerprint density at radius 3 is 2.14 bits per heavy atom. The zero-order valence-electron chi connectivity index (χ0n) is 11.6. The van der Waals surface area contributed by atoms with Crippen molar-refractivity contribution in [1.29, 1.82) is 0 Å². The Morgan fingerprint density at radius 2 is 1.62 bits per heavy atom. The summed E-state index contributed by atoms with van der Waals surface area (Å²) in [6.45, 7) is 0. The fourth-order valence-electron chi connectivity index (χ4n) is 2.05. The molecule has 0 aliphatic carbocycles. The highest BCUT2D eigenvalue weighted by atomic mass is 32.2. The van der Waals surface area contributed by atoms with Crippen molar-refractivity contribution in [3.8, 4) is 22.6 Å². The van der Waals surface area contributed by atoms with Crippen LogP contribution >= 0.6 is 9.47 Å². The van der Waals surface area contributed by atoms with Gasteiger partial charge in [-0.25, -0.2) is 0 Å². The standard InChI is InChI=1S/C14H15O5PS/c1-17-11-8-9-12(21(15,16)19-20)14(18-2)13(11)10-6-4-3-5-7-10/h3-9H,20H2,1-2H3. The summed E-state index contributed by atoms with van der Waals surface area (Å²) in [5, 5.41) is 0. The van der Waals surface area contributed by atoms with Crippen LogP contribution in [0, 0.1) is 0 Å².